The molecule has 0 aliphatic carbocycles. The molecule has 21 heavy (non-hydrogen) atoms. The molecule has 2 aromatic heterocycles. The number of anilines is 1. The second-order valence-electron chi connectivity index (χ2n) is 4.56. The third kappa shape index (κ3) is 2.60. The van der Waals surface area contributed by atoms with Gasteiger partial charge in [0.1, 0.15) is 11.2 Å². The highest BCUT2D eigenvalue weighted by atomic mass is 19.1. The van der Waals surface area contributed by atoms with Crippen LogP contribution in [0.2, 0.25) is 0 Å². The predicted molar refractivity (Wildman–Crippen MR) is 75.5 cm³/mol. The van der Waals surface area contributed by atoms with Gasteiger partial charge in [-0.15, -0.1) is 5.10 Å². The molecule has 0 saturated carbocycles. The Labute approximate surface area is 119 Å². The molecule has 0 unspecified atom stereocenters. The molecule has 1 N–H and O–H groups in total. The zero-order valence-electron chi connectivity index (χ0n) is 11.3. The number of hydrogen-bond acceptors (Lipinski definition) is 5. The molecule has 2 heterocycles. The molecule has 108 valence electrons. The molecule has 0 bridgehead atoms. The van der Waals surface area contributed by atoms with Crippen molar-refractivity contribution in [3.8, 4) is 0 Å². The van der Waals surface area contributed by atoms with Crippen LogP contribution in [-0.2, 0) is 13.6 Å². The van der Waals surface area contributed by atoms with Gasteiger partial charge >= 0.3 is 0 Å². The van der Waals surface area contributed by atoms with Crippen LogP contribution >= 0.6 is 0 Å². The largest absolute Gasteiger partial charge is 0.383 e. The summed E-state index contributed by atoms with van der Waals surface area (Å²) >= 11 is 0. The smallest absolute Gasteiger partial charge is 0.280 e. The highest BCUT2D eigenvalue weighted by Gasteiger charge is 2.08. The fraction of sp³-hybridized carbons (Fsp3) is 0.231. The van der Waals surface area contributed by atoms with Crippen molar-refractivity contribution in [1.29, 1.82) is 0 Å². The zero-order chi connectivity index (χ0) is 14.8. The minimum absolute atomic E-state index is 0.242. The number of fused-ring (bicyclic) bond motifs is 1. The number of benzene rings is 1. The molecule has 3 rings (SSSR count). The summed E-state index contributed by atoms with van der Waals surface area (Å²) in [4.78, 5) is 12.2. The molecule has 0 aliphatic heterocycles. The number of hydrogen-bond donors (Lipinski definition) is 1. The maximum atomic E-state index is 13.0. The minimum atomic E-state index is -0.311. The van der Waals surface area contributed by atoms with Crippen molar-refractivity contribution in [2.24, 2.45) is 7.05 Å². The van der Waals surface area contributed by atoms with Gasteiger partial charge in [-0.25, -0.2) is 13.8 Å². The Bertz CT molecular complexity index is 840. The van der Waals surface area contributed by atoms with E-state index in [4.69, 9.17) is 0 Å². The van der Waals surface area contributed by atoms with Crippen molar-refractivity contribution < 1.29 is 4.39 Å². The fourth-order valence-electron chi connectivity index (χ4n) is 2.03. The first-order chi connectivity index (χ1) is 10.1. The van der Waals surface area contributed by atoms with Gasteiger partial charge in [0.2, 0.25) is 0 Å². The number of nitrogens with one attached hydrogen (secondary N) is 1. The number of aromatic nitrogens is 5. The highest BCUT2D eigenvalue weighted by molar-refractivity contribution is 5.72. The van der Waals surface area contributed by atoms with Crippen LogP contribution in [0.25, 0.3) is 11.0 Å². The third-order valence-corrected chi connectivity index (χ3v) is 3.10. The summed E-state index contributed by atoms with van der Waals surface area (Å²) in [6.45, 7) is 0.761. The predicted octanol–water partition coefficient (Wildman–Crippen LogP) is 0.776. The zero-order valence-corrected chi connectivity index (χ0v) is 11.3. The summed E-state index contributed by atoms with van der Waals surface area (Å²) in [5, 5.41) is 15.3. The Balaban J connectivity index is 1.74. The van der Waals surface area contributed by atoms with E-state index in [-0.39, 0.29) is 11.4 Å². The van der Waals surface area contributed by atoms with Crippen molar-refractivity contribution in [1.82, 2.24) is 24.8 Å². The van der Waals surface area contributed by atoms with Gasteiger partial charge in [-0.3, -0.25) is 4.79 Å². The van der Waals surface area contributed by atoms with Crippen LogP contribution in [-0.4, -0.2) is 31.3 Å². The minimum Gasteiger partial charge on any atom is -0.383 e. The molecule has 0 atom stereocenters. The average molecular weight is 288 g/mol. The van der Waals surface area contributed by atoms with Gasteiger partial charge < -0.3 is 5.32 Å². The average Bonchev–Trinajstić information content (AvgIpc) is 2.84. The molecule has 0 spiro atoms. The molecule has 0 radical (unpaired) electrons. The van der Waals surface area contributed by atoms with E-state index in [9.17, 15) is 9.18 Å². The van der Waals surface area contributed by atoms with E-state index >= 15 is 0 Å². The lowest BCUT2D eigenvalue weighted by Crippen LogP contribution is -2.27. The van der Waals surface area contributed by atoms with Crippen LogP contribution in [0.3, 0.4) is 0 Å². The summed E-state index contributed by atoms with van der Waals surface area (Å²) in [7, 11) is 1.70. The van der Waals surface area contributed by atoms with Gasteiger partial charge in [0.25, 0.3) is 5.56 Å². The van der Waals surface area contributed by atoms with Gasteiger partial charge in [0.05, 0.1) is 12.7 Å². The number of halogens is 1. The molecular weight excluding hydrogens is 275 g/mol. The molecule has 0 saturated heterocycles. The van der Waals surface area contributed by atoms with E-state index in [1.807, 2.05) is 0 Å². The summed E-state index contributed by atoms with van der Waals surface area (Å²) in [5.41, 5.74) is 0.863. The molecule has 0 fully saturated rings. The summed E-state index contributed by atoms with van der Waals surface area (Å²) in [6.07, 6.45) is 1.48. The third-order valence-electron chi connectivity index (χ3n) is 3.10. The van der Waals surface area contributed by atoms with Crippen molar-refractivity contribution in [3.63, 3.8) is 0 Å². The lowest BCUT2D eigenvalue weighted by atomic mass is 10.3. The number of rotatable bonds is 4. The fourth-order valence-corrected chi connectivity index (χ4v) is 2.03. The van der Waals surface area contributed by atoms with Crippen LogP contribution in [0.15, 0.2) is 35.3 Å². The summed E-state index contributed by atoms with van der Waals surface area (Å²) in [6, 6.07) is 6.13. The first kappa shape index (κ1) is 13.2. The SMILES string of the molecule is Cn1ncc2c(=O)n(CCNc3cccc(F)c3)nnc21. The first-order valence-corrected chi connectivity index (χ1v) is 6.40. The summed E-state index contributed by atoms with van der Waals surface area (Å²) in [5.74, 6) is -0.311. The monoisotopic (exact) mass is 288 g/mol. The van der Waals surface area contributed by atoms with Crippen LogP contribution in [0.4, 0.5) is 10.1 Å². The van der Waals surface area contributed by atoms with Gasteiger partial charge in [0, 0.05) is 19.3 Å². The van der Waals surface area contributed by atoms with Gasteiger partial charge in [0.15, 0.2) is 5.65 Å². The Morgan fingerprint density at radius 1 is 1.38 bits per heavy atom. The quantitative estimate of drug-likeness (QED) is 0.767. The molecule has 3 aromatic rings. The van der Waals surface area contributed by atoms with E-state index < -0.39 is 0 Å². The van der Waals surface area contributed by atoms with E-state index in [0.29, 0.717) is 29.8 Å². The number of nitrogens with zero attached hydrogens (tertiary/aromatic N) is 5. The van der Waals surface area contributed by atoms with Crippen molar-refractivity contribution in [3.05, 3.63) is 46.6 Å². The molecule has 0 aliphatic rings. The second kappa shape index (κ2) is 5.31. The Morgan fingerprint density at radius 2 is 2.24 bits per heavy atom. The lowest BCUT2D eigenvalue weighted by Gasteiger charge is -2.07. The lowest BCUT2D eigenvalue weighted by molar-refractivity contribution is 0.562. The molecule has 0 amide bonds. The van der Waals surface area contributed by atoms with Gasteiger partial charge in [-0.05, 0) is 18.2 Å². The van der Waals surface area contributed by atoms with E-state index in [2.05, 4.69) is 20.7 Å². The van der Waals surface area contributed by atoms with Crippen LogP contribution in [0.1, 0.15) is 0 Å². The van der Waals surface area contributed by atoms with Crippen molar-refractivity contribution in [2.45, 2.75) is 6.54 Å². The van der Waals surface area contributed by atoms with Crippen molar-refractivity contribution in [2.75, 3.05) is 11.9 Å². The molecular formula is C13H13FN6O. The second-order valence-corrected chi connectivity index (χ2v) is 4.56. The van der Waals surface area contributed by atoms with Crippen molar-refractivity contribution >= 4 is 16.7 Å². The molecule has 1 aromatic carbocycles. The van der Waals surface area contributed by atoms with Crippen LogP contribution < -0.4 is 10.9 Å². The molecule has 8 heteroatoms. The Kier molecular flexibility index (Phi) is 3.35. The normalized spacial score (nSPS) is 11.0. The topological polar surface area (TPSA) is 77.6 Å². The number of aryl methyl sites for hydroxylation is 1. The van der Waals surface area contributed by atoms with E-state index in [0.717, 1.165) is 0 Å². The maximum Gasteiger partial charge on any atom is 0.280 e. The maximum absolute atomic E-state index is 13.0. The Hall–Kier alpha value is -2.77. The summed E-state index contributed by atoms with van der Waals surface area (Å²) < 4.78 is 15.8. The van der Waals surface area contributed by atoms with Gasteiger partial charge in [-0.1, -0.05) is 11.3 Å². The van der Waals surface area contributed by atoms with E-state index in [1.165, 1.54) is 27.7 Å². The highest BCUT2D eigenvalue weighted by Crippen LogP contribution is 2.08. The first-order valence-electron chi connectivity index (χ1n) is 6.40. The standard InChI is InChI=1S/C13H13FN6O/c1-19-12-11(8-16-19)13(21)20(18-17-12)6-5-15-10-4-2-3-9(14)7-10/h2-4,7-8,15H,5-6H2,1H3. The van der Waals surface area contributed by atoms with E-state index in [1.54, 1.807) is 19.2 Å². The Morgan fingerprint density at radius 3 is 3.05 bits per heavy atom. The van der Waals surface area contributed by atoms with Gasteiger partial charge in [-0.2, -0.15) is 5.10 Å². The molecule has 7 nitrogen and oxygen atoms in total. The van der Waals surface area contributed by atoms with Crippen LogP contribution in [0.5, 0.6) is 0 Å². The van der Waals surface area contributed by atoms with Crippen LogP contribution in [0, 0.1) is 5.82 Å².